The number of hydrogen-bond acceptors (Lipinski definition) is 5. The average Bonchev–Trinajstić information content (AvgIpc) is 2.87. The fourth-order valence-electron chi connectivity index (χ4n) is 2.91. The van der Waals surface area contributed by atoms with Crippen LogP contribution < -0.4 is 5.32 Å². The van der Waals surface area contributed by atoms with Crippen molar-refractivity contribution in [1.29, 1.82) is 0 Å². The highest BCUT2D eigenvalue weighted by Crippen LogP contribution is 2.26. The molecule has 0 bridgehead atoms. The predicted molar refractivity (Wildman–Crippen MR) is 82.1 cm³/mol. The van der Waals surface area contributed by atoms with Gasteiger partial charge in [-0.3, -0.25) is 4.68 Å². The Hall–Kier alpha value is -1.69. The largest absolute Gasteiger partial charge is 0.372 e. The first-order valence-electron chi connectivity index (χ1n) is 7.65. The highest BCUT2D eigenvalue weighted by molar-refractivity contribution is 5.86. The van der Waals surface area contributed by atoms with Crippen molar-refractivity contribution in [3.05, 3.63) is 12.0 Å². The maximum atomic E-state index is 6.00. The molecule has 0 atom stereocenters. The average molecular weight is 289 g/mol. The molecule has 0 spiro atoms. The third kappa shape index (κ3) is 3.00. The Balaban J connectivity index is 1.73. The Bertz CT molecular complexity index is 616. The van der Waals surface area contributed by atoms with Gasteiger partial charge >= 0.3 is 0 Å². The summed E-state index contributed by atoms with van der Waals surface area (Å²) in [6.45, 7) is 2.78. The lowest BCUT2D eigenvalue weighted by molar-refractivity contribution is 0.00580. The molecular formula is C15H23N5O. The van der Waals surface area contributed by atoms with Crippen LogP contribution in [-0.2, 0) is 18.4 Å². The van der Waals surface area contributed by atoms with Gasteiger partial charge in [0.2, 0.25) is 0 Å². The zero-order valence-corrected chi connectivity index (χ0v) is 13.0. The number of nitrogens with zero attached hydrogens (tertiary/aromatic N) is 4. The van der Waals surface area contributed by atoms with Crippen molar-refractivity contribution in [3.8, 4) is 0 Å². The van der Waals surface area contributed by atoms with Gasteiger partial charge in [-0.05, 0) is 31.6 Å². The number of hydrogen-bond donors (Lipinski definition) is 1. The van der Waals surface area contributed by atoms with Crippen LogP contribution in [0.2, 0.25) is 0 Å². The minimum atomic E-state index is 0.352. The van der Waals surface area contributed by atoms with Gasteiger partial charge < -0.3 is 10.1 Å². The highest BCUT2D eigenvalue weighted by Gasteiger charge is 2.19. The molecule has 114 valence electrons. The summed E-state index contributed by atoms with van der Waals surface area (Å²) >= 11 is 0. The number of ether oxygens (including phenoxy) is 1. The SMILES string of the molecule is CNc1nc(COC2CCC(C)CC2)nc2c1cnn2C. The molecule has 2 aromatic rings. The molecule has 0 saturated heterocycles. The van der Waals surface area contributed by atoms with Crippen LogP contribution in [0, 0.1) is 5.92 Å². The summed E-state index contributed by atoms with van der Waals surface area (Å²) < 4.78 is 7.77. The fraction of sp³-hybridized carbons (Fsp3) is 0.667. The number of aryl methyl sites for hydroxylation is 1. The van der Waals surface area contributed by atoms with E-state index in [1.54, 1.807) is 10.9 Å². The summed E-state index contributed by atoms with van der Waals surface area (Å²) in [6.07, 6.45) is 6.95. The van der Waals surface area contributed by atoms with E-state index in [1.807, 2.05) is 14.1 Å². The molecule has 6 nitrogen and oxygen atoms in total. The minimum absolute atomic E-state index is 0.352. The Morgan fingerprint density at radius 3 is 2.76 bits per heavy atom. The van der Waals surface area contributed by atoms with Gasteiger partial charge in [-0.2, -0.15) is 5.10 Å². The molecule has 2 heterocycles. The van der Waals surface area contributed by atoms with Crippen molar-refractivity contribution in [2.45, 2.75) is 45.3 Å². The summed E-state index contributed by atoms with van der Waals surface area (Å²) in [7, 11) is 3.75. The minimum Gasteiger partial charge on any atom is -0.372 e. The lowest BCUT2D eigenvalue weighted by Crippen LogP contribution is -2.20. The summed E-state index contributed by atoms with van der Waals surface area (Å²) in [4.78, 5) is 9.10. The van der Waals surface area contributed by atoms with E-state index in [0.717, 1.165) is 35.6 Å². The smallest absolute Gasteiger partial charge is 0.163 e. The zero-order chi connectivity index (χ0) is 14.8. The summed E-state index contributed by atoms with van der Waals surface area (Å²) in [5, 5.41) is 8.28. The van der Waals surface area contributed by atoms with E-state index < -0.39 is 0 Å². The van der Waals surface area contributed by atoms with E-state index in [2.05, 4.69) is 27.3 Å². The van der Waals surface area contributed by atoms with Crippen LogP contribution in [0.15, 0.2) is 6.20 Å². The van der Waals surface area contributed by atoms with Gasteiger partial charge in [0, 0.05) is 14.1 Å². The molecule has 21 heavy (non-hydrogen) atoms. The Kier molecular flexibility index (Phi) is 4.05. The third-order valence-corrected chi connectivity index (χ3v) is 4.29. The predicted octanol–water partition coefficient (Wildman–Crippen LogP) is 2.50. The van der Waals surface area contributed by atoms with Crippen LogP contribution in [0.5, 0.6) is 0 Å². The van der Waals surface area contributed by atoms with Gasteiger partial charge in [0.1, 0.15) is 12.4 Å². The maximum Gasteiger partial charge on any atom is 0.163 e. The molecule has 0 amide bonds. The van der Waals surface area contributed by atoms with Crippen LogP contribution >= 0.6 is 0 Å². The van der Waals surface area contributed by atoms with Gasteiger partial charge in [-0.25, -0.2) is 9.97 Å². The fourth-order valence-corrected chi connectivity index (χ4v) is 2.91. The van der Waals surface area contributed by atoms with Crippen LogP contribution in [-0.4, -0.2) is 32.9 Å². The maximum absolute atomic E-state index is 6.00. The Morgan fingerprint density at radius 1 is 1.29 bits per heavy atom. The van der Waals surface area contributed by atoms with Gasteiger partial charge in [-0.1, -0.05) is 6.92 Å². The van der Waals surface area contributed by atoms with Crippen LogP contribution in [0.25, 0.3) is 11.0 Å². The van der Waals surface area contributed by atoms with E-state index >= 15 is 0 Å². The van der Waals surface area contributed by atoms with E-state index in [1.165, 1.54) is 12.8 Å². The molecule has 1 aliphatic rings. The van der Waals surface area contributed by atoms with E-state index in [-0.39, 0.29) is 0 Å². The van der Waals surface area contributed by atoms with Crippen molar-refractivity contribution < 1.29 is 4.74 Å². The first-order chi connectivity index (χ1) is 10.2. The van der Waals surface area contributed by atoms with Crippen LogP contribution in [0.4, 0.5) is 5.82 Å². The first kappa shape index (κ1) is 14.3. The second-order valence-corrected chi connectivity index (χ2v) is 5.94. The van der Waals surface area contributed by atoms with Crippen molar-refractivity contribution in [2.75, 3.05) is 12.4 Å². The van der Waals surface area contributed by atoms with E-state index in [0.29, 0.717) is 18.5 Å². The molecule has 0 aliphatic heterocycles. The van der Waals surface area contributed by atoms with Gasteiger partial charge in [0.25, 0.3) is 0 Å². The van der Waals surface area contributed by atoms with Gasteiger partial charge in [0.05, 0.1) is 17.7 Å². The summed E-state index contributed by atoms with van der Waals surface area (Å²) in [5.41, 5.74) is 0.838. The zero-order valence-electron chi connectivity index (χ0n) is 13.0. The van der Waals surface area contributed by atoms with Crippen molar-refractivity contribution in [3.63, 3.8) is 0 Å². The lowest BCUT2D eigenvalue weighted by atomic mass is 9.89. The standard InChI is InChI=1S/C15H23N5O/c1-10-4-6-11(7-5-10)21-9-13-18-14(16-2)12-8-17-20(3)15(12)19-13/h8,10-11H,4-7,9H2,1-3H3,(H,16,18,19). The normalized spacial score (nSPS) is 22.6. The Morgan fingerprint density at radius 2 is 2.05 bits per heavy atom. The topological polar surface area (TPSA) is 64.9 Å². The highest BCUT2D eigenvalue weighted by atomic mass is 16.5. The van der Waals surface area contributed by atoms with E-state index in [4.69, 9.17) is 4.74 Å². The quantitative estimate of drug-likeness (QED) is 0.937. The molecule has 1 N–H and O–H groups in total. The molecule has 1 aliphatic carbocycles. The summed E-state index contributed by atoms with van der Waals surface area (Å²) in [6, 6.07) is 0. The molecular weight excluding hydrogens is 266 g/mol. The third-order valence-electron chi connectivity index (χ3n) is 4.29. The molecule has 2 aromatic heterocycles. The van der Waals surface area contributed by atoms with Crippen molar-refractivity contribution in [2.24, 2.45) is 13.0 Å². The molecule has 0 aromatic carbocycles. The molecule has 3 rings (SSSR count). The lowest BCUT2D eigenvalue weighted by Gasteiger charge is -2.26. The number of anilines is 1. The van der Waals surface area contributed by atoms with Gasteiger partial charge in [-0.15, -0.1) is 0 Å². The summed E-state index contributed by atoms with van der Waals surface area (Å²) in [5.74, 6) is 2.36. The molecule has 1 saturated carbocycles. The number of nitrogens with one attached hydrogen (secondary N) is 1. The number of rotatable bonds is 4. The second-order valence-electron chi connectivity index (χ2n) is 5.94. The molecule has 6 heteroatoms. The monoisotopic (exact) mass is 289 g/mol. The number of aromatic nitrogens is 4. The van der Waals surface area contributed by atoms with E-state index in [9.17, 15) is 0 Å². The van der Waals surface area contributed by atoms with Crippen LogP contribution in [0.3, 0.4) is 0 Å². The van der Waals surface area contributed by atoms with Crippen molar-refractivity contribution in [1.82, 2.24) is 19.7 Å². The molecule has 0 unspecified atom stereocenters. The van der Waals surface area contributed by atoms with Crippen LogP contribution in [0.1, 0.15) is 38.4 Å². The van der Waals surface area contributed by atoms with Crippen molar-refractivity contribution >= 4 is 16.9 Å². The van der Waals surface area contributed by atoms with Gasteiger partial charge in [0.15, 0.2) is 11.5 Å². The first-order valence-corrected chi connectivity index (χ1v) is 7.65. The molecule has 1 fully saturated rings. The Labute approximate surface area is 124 Å². The second kappa shape index (κ2) is 5.97. The molecule has 0 radical (unpaired) electrons. The number of fused-ring (bicyclic) bond motifs is 1.